The van der Waals surface area contributed by atoms with Crippen molar-refractivity contribution < 1.29 is 14.7 Å². The summed E-state index contributed by atoms with van der Waals surface area (Å²) < 4.78 is 0. The number of amides is 1. The number of aliphatic carboxylic acids is 1. The lowest BCUT2D eigenvalue weighted by molar-refractivity contribution is -0.149. The van der Waals surface area contributed by atoms with Gasteiger partial charge < -0.3 is 10.4 Å². The second-order valence-corrected chi connectivity index (χ2v) is 5.35. The molecule has 2 unspecified atom stereocenters. The van der Waals surface area contributed by atoms with Crippen molar-refractivity contribution in [1.82, 2.24) is 5.32 Å². The maximum atomic E-state index is 12.1. The zero-order chi connectivity index (χ0) is 12.4. The summed E-state index contributed by atoms with van der Waals surface area (Å²) in [6, 6.07) is 0.309. The summed E-state index contributed by atoms with van der Waals surface area (Å²) in [5.41, 5.74) is 0. The summed E-state index contributed by atoms with van der Waals surface area (Å²) >= 11 is 0. The fourth-order valence-electron chi connectivity index (χ4n) is 2.91. The van der Waals surface area contributed by atoms with Gasteiger partial charge in [0, 0.05) is 6.04 Å². The van der Waals surface area contributed by atoms with E-state index in [-0.39, 0.29) is 11.8 Å². The van der Waals surface area contributed by atoms with Crippen LogP contribution in [-0.2, 0) is 9.59 Å². The van der Waals surface area contributed by atoms with Crippen LogP contribution in [0.5, 0.6) is 0 Å². The summed E-state index contributed by atoms with van der Waals surface area (Å²) in [6.45, 7) is 2.12. The quantitative estimate of drug-likeness (QED) is 0.786. The lowest BCUT2D eigenvalue weighted by Crippen LogP contribution is -2.41. The second-order valence-electron chi connectivity index (χ2n) is 5.35. The standard InChI is InChI=1S/C13H21NO3/c1-2-8-7-11(8)14-12(15)9-5-3-4-6-10(9)13(16)17/h8-11H,2-7H2,1H3,(H,14,15)(H,16,17)/t8?,9-,10+,11?/m1/s1. The van der Waals surface area contributed by atoms with Gasteiger partial charge in [0.1, 0.15) is 0 Å². The number of hydrogen-bond acceptors (Lipinski definition) is 2. The Balaban J connectivity index is 1.90. The molecule has 0 heterocycles. The molecule has 0 radical (unpaired) electrons. The lowest BCUT2D eigenvalue weighted by atomic mass is 9.78. The maximum Gasteiger partial charge on any atom is 0.307 e. The van der Waals surface area contributed by atoms with Crippen molar-refractivity contribution >= 4 is 11.9 Å². The van der Waals surface area contributed by atoms with Gasteiger partial charge in [0.25, 0.3) is 0 Å². The Hall–Kier alpha value is -1.06. The highest BCUT2D eigenvalue weighted by atomic mass is 16.4. The summed E-state index contributed by atoms with van der Waals surface area (Å²) in [5, 5.41) is 12.1. The molecule has 1 amide bonds. The minimum Gasteiger partial charge on any atom is -0.481 e. The van der Waals surface area contributed by atoms with Crippen LogP contribution in [0.4, 0.5) is 0 Å². The number of carbonyl (C=O) groups excluding carboxylic acids is 1. The third-order valence-electron chi connectivity index (χ3n) is 4.19. The average molecular weight is 239 g/mol. The fraction of sp³-hybridized carbons (Fsp3) is 0.846. The van der Waals surface area contributed by atoms with Gasteiger partial charge in [-0.1, -0.05) is 26.2 Å². The van der Waals surface area contributed by atoms with Crippen LogP contribution in [0.1, 0.15) is 45.4 Å². The predicted octanol–water partition coefficient (Wildman–Crippen LogP) is 1.79. The molecule has 17 heavy (non-hydrogen) atoms. The van der Waals surface area contributed by atoms with E-state index >= 15 is 0 Å². The van der Waals surface area contributed by atoms with E-state index in [1.54, 1.807) is 0 Å². The van der Waals surface area contributed by atoms with Gasteiger partial charge in [-0.25, -0.2) is 0 Å². The number of carboxylic acid groups (broad SMARTS) is 1. The Morgan fingerprint density at radius 3 is 2.41 bits per heavy atom. The topological polar surface area (TPSA) is 66.4 Å². The van der Waals surface area contributed by atoms with Crippen molar-refractivity contribution in [3.63, 3.8) is 0 Å². The van der Waals surface area contributed by atoms with Crippen LogP contribution in [-0.4, -0.2) is 23.0 Å². The van der Waals surface area contributed by atoms with Gasteiger partial charge in [-0.2, -0.15) is 0 Å². The van der Waals surface area contributed by atoms with Gasteiger partial charge in [-0.05, 0) is 25.2 Å². The van der Waals surface area contributed by atoms with Gasteiger partial charge in [0.05, 0.1) is 11.8 Å². The summed E-state index contributed by atoms with van der Waals surface area (Å²) in [5.74, 6) is -1.00. The van der Waals surface area contributed by atoms with Crippen molar-refractivity contribution in [3.8, 4) is 0 Å². The predicted molar refractivity (Wildman–Crippen MR) is 63.4 cm³/mol. The molecule has 2 saturated carbocycles. The number of carbonyl (C=O) groups is 2. The molecule has 2 rings (SSSR count). The molecule has 0 bridgehead atoms. The van der Waals surface area contributed by atoms with Crippen LogP contribution < -0.4 is 5.32 Å². The smallest absolute Gasteiger partial charge is 0.307 e. The van der Waals surface area contributed by atoms with E-state index in [1.807, 2.05) is 0 Å². The van der Waals surface area contributed by atoms with E-state index in [1.165, 1.54) is 0 Å². The molecule has 4 heteroatoms. The molecule has 2 aliphatic rings. The largest absolute Gasteiger partial charge is 0.481 e. The van der Waals surface area contributed by atoms with Crippen molar-refractivity contribution in [2.45, 2.75) is 51.5 Å². The molecule has 2 N–H and O–H groups in total. The van der Waals surface area contributed by atoms with Crippen molar-refractivity contribution in [3.05, 3.63) is 0 Å². The zero-order valence-electron chi connectivity index (χ0n) is 10.3. The van der Waals surface area contributed by atoms with Gasteiger partial charge >= 0.3 is 5.97 Å². The first-order valence-corrected chi connectivity index (χ1v) is 6.66. The molecule has 96 valence electrons. The highest BCUT2D eigenvalue weighted by Crippen LogP contribution is 2.35. The van der Waals surface area contributed by atoms with E-state index in [2.05, 4.69) is 12.2 Å². The van der Waals surface area contributed by atoms with E-state index in [9.17, 15) is 9.59 Å². The van der Waals surface area contributed by atoms with Crippen molar-refractivity contribution in [2.75, 3.05) is 0 Å². The third kappa shape index (κ3) is 2.79. The Bertz CT molecular complexity index is 316. The summed E-state index contributed by atoms with van der Waals surface area (Å²) in [7, 11) is 0. The van der Waals surface area contributed by atoms with Crippen molar-refractivity contribution in [2.24, 2.45) is 17.8 Å². The van der Waals surface area contributed by atoms with Gasteiger partial charge in [-0.15, -0.1) is 0 Å². The minimum absolute atomic E-state index is 0.0296. The number of rotatable bonds is 4. The molecule has 2 fully saturated rings. The van der Waals surface area contributed by atoms with Crippen molar-refractivity contribution in [1.29, 1.82) is 0 Å². The first-order chi connectivity index (χ1) is 8.13. The molecular weight excluding hydrogens is 218 g/mol. The number of nitrogens with one attached hydrogen (secondary N) is 1. The third-order valence-corrected chi connectivity index (χ3v) is 4.19. The van der Waals surface area contributed by atoms with Crippen LogP contribution in [0.15, 0.2) is 0 Å². The summed E-state index contributed by atoms with van der Waals surface area (Å²) in [6.07, 6.45) is 5.44. The fourth-order valence-corrected chi connectivity index (χ4v) is 2.91. The van der Waals surface area contributed by atoms with Gasteiger partial charge in [0.15, 0.2) is 0 Å². The molecule has 0 aromatic carbocycles. The Kier molecular flexibility index (Phi) is 3.69. The molecule has 0 aromatic rings. The lowest BCUT2D eigenvalue weighted by Gasteiger charge is -2.27. The average Bonchev–Trinajstić information content (AvgIpc) is 3.07. The highest BCUT2D eigenvalue weighted by Gasteiger charge is 2.41. The first kappa shape index (κ1) is 12.4. The minimum atomic E-state index is -0.812. The zero-order valence-corrected chi connectivity index (χ0v) is 10.3. The van der Waals surface area contributed by atoms with E-state index < -0.39 is 11.9 Å². The Morgan fingerprint density at radius 2 is 1.88 bits per heavy atom. The van der Waals surface area contributed by atoms with E-state index in [4.69, 9.17) is 5.11 Å². The molecule has 4 nitrogen and oxygen atoms in total. The van der Waals surface area contributed by atoms with E-state index in [0.717, 1.165) is 32.1 Å². The first-order valence-electron chi connectivity index (χ1n) is 6.66. The Labute approximate surface area is 102 Å². The molecule has 0 saturated heterocycles. The van der Waals surface area contributed by atoms with E-state index in [0.29, 0.717) is 18.4 Å². The van der Waals surface area contributed by atoms with Crippen LogP contribution >= 0.6 is 0 Å². The van der Waals surface area contributed by atoms with Crippen LogP contribution in [0.3, 0.4) is 0 Å². The van der Waals surface area contributed by atoms with Crippen LogP contribution in [0.2, 0.25) is 0 Å². The van der Waals surface area contributed by atoms with Crippen LogP contribution in [0.25, 0.3) is 0 Å². The Morgan fingerprint density at radius 1 is 1.24 bits per heavy atom. The number of carboxylic acids is 1. The normalized spacial score (nSPS) is 36.3. The SMILES string of the molecule is CCC1CC1NC(=O)[C@@H]1CCCC[C@@H]1C(=O)O. The number of hydrogen-bond donors (Lipinski definition) is 2. The molecular formula is C13H21NO3. The van der Waals surface area contributed by atoms with Gasteiger partial charge in [0.2, 0.25) is 5.91 Å². The highest BCUT2D eigenvalue weighted by molar-refractivity contribution is 5.85. The molecule has 0 aromatic heterocycles. The summed E-state index contributed by atoms with van der Waals surface area (Å²) in [4.78, 5) is 23.2. The molecule has 2 aliphatic carbocycles. The van der Waals surface area contributed by atoms with Crippen LogP contribution in [0, 0.1) is 17.8 Å². The molecule has 4 atom stereocenters. The van der Waals surface area contributed by atoms with Gasteiger partial charge in [-0.3, -0.25) is 9.59 Å². The molecule has 0 spiro atoms. The molecule has 0 aliphatic heterocycles. The maximum absolute atomic E-state index is 12.1. The monoisotopic (exact) mass is 239 g/mol. The second kappa shape index (κ2) is 5.07.